The lowest BCUT2D eigenvalue weighted by molar-refractivity contribution is 0.200. The van der Waals surface area contributed by atoms with Crippen LogP contribution in [0.2, 0.25) is 0 Å². The summed E-state index contributed by atoms with van der Waals surface area (Å²) in [6.07, 6.45) is 4.43. The summed E-state index contributed by atoms with van der Waals surface area (Å²) in [6.45, 7) is 3.71. The minimum Gasteiger partial charge on any atom is -0.468 e. The lowest BCUT2D eigenvalue weighted by Gasteiger charge is -2.26. The van der Waals surface area contributed by atoms with Gasteiger partial charge in [0.05, 0.1) is 12.8 Å². The van der Waals surface area contributed by atoms with E-state index in [1.165, 1.54) is 18.4 Å². The van der Waals surface area contributed by atoms with Gasteiger partial charge in [-0.1, -0.05) is 0 Å². The van der Waals surface area contributed by atoms with E-state index in [1.807, 2.05) is 6.07 Å². The van der Waals surface area contributed by atoms with Gasteiger partial charge in [0.25, 0.3) is 0 Å². The summed E-state index contributed by atoms with van der Waals surface area (Å²) in [7, 11) is 2.14. The topological polar surface area (TPSA) is 42.4 Å². The minimum atomic E-state index is 0.523. The zero-order valence-corrected chi connectivity index (χ0v) is 9.57. The van der Waals surface area contributed by atoms with Crippen LogP contribution >= 0.6 is 0 Å². The molecule has 0 spiro atoms. The van der Waals surface area contributed by atoms with E-state index < -0.39 is 0 Å². The van der Waals surface area contributed by atoms with Crippen molar-refractivity contribution >= 4 is 0 Å². The molecule has 1 aliphatic carbocycles. The molecule has 0 amide bonds. The van der Waals surface area contributed by atoms with Crippen LogP contribution in [0.5, 0.6) is 0 Å². The zero-order chi connectivity index (χ0) is 10.8. The molecule has 0 bridgehead atoms. The van der Waals surface area contributed by atoms with Gasteiger partial charge in [-0.3, -0.25) is 4.90 Å². The second-order valence-corrected chi connectivity index (χ2v) is 4.58. The molecule has 2 N–H and O–H groups in total. The molecule has 1 aliphatic rings. The van der Waals surface area contributed by atoms with E-state index in [4.69, 9.17) is 10.2 Å². The van der Waals surface area contributed by atoms with Crippen molar-refractivity contribution in [2.45, 2.75) is 32.4 Å². The van der Waals surface area contributed by atoms with Gasteiger partial charge in [-0.05, 0) is 44.4 Å². The summed E-state index contributed by atoms with van der Waals surface area (Å²) >= 11 is 0. The second-order valence-electron chi connectivity index (χ2n) is 4.58. The predicted molar refractivity (Wildman–Crippen MR) is 60.5 cm³/mol. The fourth-order valence-corrected chi connectivity index (χ4v) is 2.12. The highest BCUT2D eigenvalue weighted by molar-refractivity contribution is 5.14. The van der Waals surface area contributed by atoms with E-state index in [1.54, 1.807) is 6.26 Å². The van der Waals surface area contributed by atoms with Crippen LogP contribution < -0.4 is 5.73 Å². The van der Waals surface area contributed by atoms with E-state index >= 15 is 0 Å². The van der Waals surface area contributed by atoms with Crippen LogP contribution in [0.3, 0.4) is 0 Å². The van der Waals surface area contributed by atoms with Crippen molar-refractivity contribution in [1.29, 1.82) is 0 Å². The van der Waals surface area contributed by atoms with E-state index in [2.05, 4.69) is 18.9 Å². The van der Waals surface area contributed by atoms with Gasteiger partial charge in [0, 0.05) is 12.6 Å². The average molecular weight is 208 g/mol. The molecule has 0 radical (unpaired) electrons. The third kappa shape index (κ3) is 2.41. The summed E-state index contributed by atoms with van der Waals surface area (Å²) in [5.41, 5.74) is 7.04. The first-order chi connectivity index (χ1) is 7.22. The maximum Gasteiger partial charge on any atom is 0.120 e. The molecule has 1 atom stereocenters. The van der Waals surface area contributed by atoms with Gasteiger partial charge >= 0.3 is 0 Å². The maximum absolute atomic E-state index is 5.81. The third-order valence-electron chi connectivity index (χ3n) is 3.33. The van der Waals surface area contributed by atoms with Crippen molar-refractivity contribution in [1.82, 2.24) is 4.90 Å². The molecule has 1 aromatic heterocycles. The Hall–Kier alpha value is -0.800. The molecule has 15 heavy (non-hydrogen) atoms. The summed E-state index contributed by atoms with van der Waals surface area (Å²) in [5, 5.41) is 0. The normalized spacial score (nSPS) is 18.4. The number of aryl methyl sites for hydroxylation is 1. The first-order valence-corrected chi connectivity index (χ1v) is 5.65. The molecule has 1 unspecified atom stereocenters. The first kappa shape index (κ1) is 10.7. The first-order valence-electron chi connectivity index (χ1n) is 5.65. The molecule has 1 saturated carbocycles. The lowest BCUT2D eigenvalue weighted by atomic mass is 10.1. The van der Waals surface area contributed by atoms with Crippen molar-refractivity contribution in [3.63, 3.8) is 0 Å². The smallest absolute Gasteiger partial charge is 0.120 e. The van der Waals surface area contributed by atoms with Gasteiger partial charge in [-0.15, -0.1) is 0 Å². The fraction of sp³-hybridized carbons (Fsp3) is 0.667. The molecule has 1 aromatic rings. The molecule has 3 nitrogen and oxygen atoms in total. The van der Waals surface area contributed by atoms with Crippen LogP contribution in [0.1, 0.15) is 24.2 Å². The highest BCUT2D eigenvalue weighted by Gasteiger charge is 2.33. The monoisotopic (exact) mass is 208 g/mol. The molecule has 2 rings (SSSR count). The van der Waals surface area contributed by atoms with Crippen LogP contribution in [-0.2, 0) is 6.54 Å². The number of nitrogens with two attached hydrogens (primary N) is 1. The highest BCUT2D eigenvalue weighted by atomic mass is 16.3. The molecule has 0 saturated heterocycles. The summed E-state index contributed by atoms with van der Waals surface area (Å²) in [4.78, 5) is 2.32. The Kier molecular flexibility index (Phi) is 3.12. The van der Waals surface area contributed by atoms with Crippen molar-refractivity contribution in [3.05, 3.63) is 23.7 Å². The van der Waals surface area contributed by atoms with Crippen molar-refractivity contribution in [3.8, 4) is 0 Å². The SMILES string of the molecule is Cc1ccoc1CN(C)C(CN)C1CC1. The van der Waals surface area contributed by atoms with Gasteiger partial charge < -0.3 is 10.2 Å². The van der Waals surface area contributed by atoms with E-state index in [0.717, 1.165) is 24.8 Å². The highest BCUT2D eigenvalue weighted by Crippen LogP contribution is 2.35. The molecule has 0 aromatic carbocycles. The Morgan fingerprint density at radius 3 is 2.80 bits per heavy atom. The van der Waals surface area contributed by atoms with Crippen LogP contribution in [0.4, 0.5) is 0 Å². The Bertz CT molecular complexity index is 317. The predicted octanol–water partition coefficient (Wildman–Crippen LogP) is 1.76. The second kappa shape index (κ2) is 4.37. The largest absolute Gasteiger partial charge is 0.468 e. The van der Waals surface area contributed by atoms with Gasteiger partial charge in [0.15, 0.2) is 0 Å². The molecule has 0 aliphatic heterocycles. The number of hydrogen-bond donors (Lipinski definition) is 1. The van der Waals surface area contributed by atoms with E-state index in [0.29, 0.717) is 6.04 Å². The average Bonchev–Trinajstić information content (AvgIpc) is 2.95. The summed E-state index contributed by atoms with van der Waals surface area (Å²) < 4.78 is 5.45. The van der Waals surface area contributed by atoms with Gasteiger partial charge in [-0.25, -0.2) is 0 Å². The molecule has 84 valence electrons. The minimum absolute atomic E-state index is 0.523. The lowest BCUT2D eigenvalue weighted by Crippen LogP contribution is -2.39. The van der Waals surface area contributed by atoms with Crippen LogP contribution in [-0.4, -0.2) is 24.5 Å². The van der Waals surface area contributed by atoms with Crippen LogP contribution in [0.15, 0.2) is 16.7 Å². The molecule has 1 fully saturated rings. The van der Waals surface area contributed by atoms with Gasteiger partial charge in [-0.2, -0.15) is 0 Å². The molecule has 3 heteroatoms. The quantitative estimate of drug-likeness (QED) is 0.801. The van der Waals surface area contributed by atoms with Crippen LogP contribution in [0.25, 0.3) is 0 Å². The number of furan rings is 1. The number of likely N-dealkylation sites (N-methyl/N-ethyl adjacent to an activating group) is 1. The molecular formula is C12H20N2O. The molecular weight excluding hydrogens is 188 g/mol. The Balaban J connectivity index is 1.95. The Labute approximate surface area is 91.2 Å². The van der Waals surface area contributed by atoms with E-state index in [9.17, 15) is 0 Å². The van der Waals surface area contributed by atoms with Crippen molar-refractivity contribution in [2.75, 3.05) is 13.6 Å². The number of nitrogens with zero attached hydrogens (tertiary/aromatic N) is 1. The van der Waals surface area contributed by atoms with Gasteiger partial charge in [0.2, 0.25) is 0 Å². The standard InChI is InChI=1S/C12H20N2O/c1-9-5-6-15-12(9)8-14(2)11(7-13)10-3-4-10/h5-6,10-11H,3-4,7-8,13H2,1-2H3. The summed E-state index contributed by atoms with van der Waals surface area (Å²) in [6, 6.07) is 2.53. The van der Waals surface area contributed by atoms with Crippen molar-refractivity contribution in [2.24, 2.45) is 11.7 Å². The third-order valence-corrected chi connectivity index (χ3v) is 3.33. The van der Waals surface area contributed by atoms with E-state index in [-0.39, 0.29) is 0 Å². The summed E-state index contributed by atoms with van der Waals surface area (Å²) in [5.74, 6) is 1.88. The molecule has 1 heterocycles. The number of rotatable bonds is 5. The zero-order valence-electron chi connectivity index (χ0n) is 9.57. The fourth-order valence-electron chi connectivity index (χ4n) is 2.12. The van der Waals surface area contributed by atoms with Crippen molar-refractivity contribution < 1.29 is 4.42 Å². The Morgan fingerprint density at radius 1 is 1.60 bits per heavy atom. The van der Waals surface area contributed by atoms with Crippen LogP contribution in [0, 0.1) is 12.8 Å². The van der Waals surface area contributed by atoms with Gasteiger partial charge in [0.1, 0.15) is 5.76 Å². The number of hydrogen-bond acceptors (Lipinski definition) is 3. The maximum atomic E-state index is 5.81. The Morgan fingerprint density at radius 2 is 2.33 bits per heavy atom.